The molecule has 2 aliphatic rings. The predicted octanol–water partition coefficient (Wildman–Crippen LogP) is 2.40. The minimum absolute atomic E-state index is 0.271. The van der Waals surface area contributed by atoms with Crippen molar-refractivity contribution in [1.82, 2.24) is 0 Å². The van der Waals surface area contributed by atoms with Crippen molar-refractivity contribution in [3.8, 4) is 5.75 Å². The number of amides is 2. The maximum Gasteiger partial charge on any atom is 0.307 e. The molecular weight excluding hydrogens is 324 g/mol. The second-order valence-corrected chi connectivity index (χ2v) is 6.76. The molecule has 0 saturated heterocycles. The quantitative estimate of drug-likeness (QED) is 0.730. The van der Waals surface area contributed by atoms with E-state index in [2.05, 4.69) is 10.6 Å². The molecule has 0 bridgehead atoms. The van der Waals surface area contributed by atoms with E-state index in [1.807, 2.05) is 6.08 Å². The average molecular weight is 344 g/mol. The van der Waals surface area contributed by atoms with Gasteiger partial charge in [0, 0.05) is 5.69 Å². The van der Waals surface area contributed by atoms with E-state index in [0.717, 1.165) is 0 Å². The van der Waals surface area contributed by atoms with Crippen molar-refractivity contribution in [3.63, 3.8) is 0 Å². The van der Waals surface area contributed by atoms with Crippen molar-refractivity contribution in [3.05, 3.63) is 30.4 Å². The lowest BCUT2D eigenvalue weighted by molar-refractivity contribution is -0.146. The fourth-order valence-corrected chi connectivity index (χ4v) is 3.00. The van der Waals surface area contributed by atoms with E-state index in [0.29, 0.717) is 30.0 Å². The van der Waals surface area contributed by atoms with Gasteiger partial charge in [-0.1, -0.05) is 12.2 Å². The van der Waals surface area contributed by atoms with Crippen LogP contribution in [0.3, 0.4) is 0 Å². The first kappa shape index (κ1) is 17.0. The van der Waals surface area contributed by atoms with E-state index in [4.69, 9.17) is 4.74 Å². The molecule has 0 spiro atoms. The van der Waals surface area contributed by atoms with E-state index in [-0.39, 0.29) is 11.8 Å². The summed E-state index contributed by atoms with van der Waals surface area (Å²) in [5.41, 5.74) is -0.00697. The van der Waals surface area contributed by atoms with Gasteiger partial charge in [0.1, 0.15) is 5.75 Å². The Kier molecular flexibility index (Phi) is 4.24. The SMILES string of the molecule is CC1(C)Oc2ccc(NC(=O)[C@H]3CC=CC[C@@H]3C(=O)O)cc2NC1=O. The average Bonchev–Trinajstić information content (AvgIpc) is 2.56. The van der Waals surface area contributed by atoms with Gasteiger partial charge in [0.05, 0.1) is 17.5 Å². The third-order valence-electron chi connectivity index (χ3n) is 4.49. The number of nitrogens with one attached hydrogen (secondary N) is 2. The Hall–Kier alpha value is -2.83. The smallest absolute Gasteiger partial charge is 0.307 e. The van der Waals surface area contributed by atoms with Crippen LogP contribution in [0.2, 0.25) is 0 Å². The van der Waals surface area contributed by atoms with Crippen LogP contribution in [-0.4, -0.2) is 28.5 Å². The number of hydrogen-bond donors (Lipinski definition) is 3. The first-order chi connectivity index (χ1) is 11.8. The van der Waals surface area contributed by atoms with Crippen LogP contribution >= 0.6 is 0 Å². The molecule has 2 amide bonds. The number of hydrogen-bond acceptors (Lipinski definition) is 4. The van der Waals surface area contributed by atoms with Gasteiger partial charge in [-0.15, -0.1) is 0 Å². The molecule has 2 atom stereocenters. The first-order valence-corrected chi connectivity index (χ1v) is 8.11. The summed E-state index contributed by atoms with van der Waals surface area (Å²) in [5.74, 6) is -2.42. The van der Waals surface area contributed by atoms with Crippen LogP contribution < -0.4 is 15.4 Å². The monoisotopic (exact) mass is 344 g/mol. The summed E-state index contributed by atoms with van der Waals surface area (Å²) in [5, 5.41) is 14.8. The molecule has 0 fully saturated rings. The first-order valence-electron chi connectivity index (χ1n) is 8.11. The summed E-state index contributed by atoms with van der Waals surface area (Å²) in [6, 6.07) is 4.94. The minimum atomic E-state index is -0.974. The summed E-state index contributed by atoms with van der Waals surface area (Å²) >= 11 is 0. The summed E-state index contributed by atoms with van der Waals surface area (Å²) in [6.45, 7) is 3.34. The standard InChI is InChI=1S/C18H20N2O5/c1-18(2)17(24)20-13-9-10(7-8-14(13)25-18)19-15(21)11-5-3-4-6-12(11)16(22)23/h3-4,7-9,11-12H,5-6H2,1-2H3,(H,19,21)(H,20,24)(H,22,23)/t11-,12-/m0/s1. The lowest BCUT2D eigenvalue weighted by atomic mass is 9.82. The molecule has 7 nitrogen and oxygen atoms in total. The van der Waals surface area contributed by atoms with Crippen LogP contribution in [0, 0.1) is 11.8 Å². The zero-order valence-corrected chi connectivity index (χ0v) is 14.0. The topological polar surface area (TPSA) is 105 Å². The fourth-order valence-electron chi connectivity index (χ4n) is 3.00. The Morgan fingerprint density at radius 3 is 2.60 bits per heavy atom. The third-order valence-corrected chi connectivity index (χ3v) is 4.49. The van der Waals surface area contributed by atoms with Gasteiger partial charge in [-0.05, 0) is 44.9 Å². The Labute approximate surface area is 145 Å². The summed E-state index contributed by atoms with van der Waals surface area (Å²) in [7, 11) is 0. The van der Waals surface area contributed by atoms with E-state index in [1.54, 1.807) is 38.1 Å². The van der Waals surface area contributed by atoms with Gasteiger partial charge in [-0.2, -0.15) is 0 Å². The van der Waals surface area contributed by atoms with Gasteiger partial charge in [-0.3, -0.25) is 14.4 Å². The number of fused-ring (bicyclic) bond motifs is 1. The van der Waals surface area contributed by atoms with Crippen molar-refractivity contribution in [2.75, 3.05) is 10.6 Å². The molecule has 3 N–H and O–H groups in total. The maximum atomic E-state index is 12.5. The number of carbonyl (C=O) groups is 3. The van der Waals surface area contributed by atoms with Gasteiger partial charge in [-0.25, -0.2) is 0 Å². The summed E-state index contributed by atoms with van der Waals surface area (Å²) in [6.07, 6.45) is 4.35. The Balaban J connectivity index is 1.77. The second-order valence-electron chi connectivity index (χ2n) is 6.76. The Bertz CT molecular complexity index is 769. The lowest BCUT2D eigenvalue weighted by Crippen LogP contribution is -2.45. The molecule has 7 heteroatoms. The van der Waals surface area contributed by atoms with Crippen LogP contribution in [0.25, 0.3) is 0 Å². The third kappa shape index (κ3) is 3.35. The molecule has 1 heterocycles. The minimum Gasteiger partial charge on any atom is -0.481 e. The molecule has 1 aliphatic heterocycles. The van der Waals surface area contributed by atoms with Gasteiger partial charge < -0.3 is 20.5 Å². The van der Waals surface area contributed by atoms with Crippen LogP contribution in [-0.2, 0) is 14.4 Å². The van der Waals surface area contributed by atoms with Crippen LogP contribution in [0.4, 0.5) is 11.4 Å². The zero-order valence-electron chi connectivity index (χ0n) is 14.0. The van der Waals surface area contributed by atoms with Crippen molar-refractivity contribution in [2.24, 2.45) is 11.8 Å². The number of rotatable bonds is 3. The normalized spacial score (nSPS) is 23.8. The Morgan fingerprint density at radius 2 is 1.92 bits per heavy atom. The van der Waals surface area contributed by atoms with E-state index >= 15 is 0 Å². The largest absolute Gasteiger partial charge is 0.481 e. The molecule has 0 saturated carbocycles. The number of carbonyl (C=O) groups excluding carboxylic acids is 2. The number of carboxylic acid groups (broad SMARTS) is 1. The van der Waals surface area contributed by atoms with Crippen molar-refractivity contribution in [2.45, 2.75) is 32.3 Å². The molecule has 3 rings (SSSR count). The van der Waals surface area contributed by atoms with Gasteiger partial charge >= 0.3 is 5.97 Å². The number of ether oxygens (including phenoxy) is 1. The number of allylic oxidation sites excluding steroid dienone is 2. The number of aliphatic carboxylic acids is 1. The van der Waals surface area contributed by atoms with Gasteiger partial charge in [0.25, 0.3) is 5.91 Å². The summed E-state index contributed by atoms with van der Waals surface area (Å²) < 4.78 is 5.64. The highest BCUT2D eigenvalue weighted by molar-refractivity contribution is 6.02. The molecule has 25 heavy (non-hydrogen) atoms. The number of carboxylic acids is 1. The van der Waals surface area contributed by atoms with Crippen molar-refractivity contribution >= 4 is 29.2 Å². The molecule has 1 aromatic carbocycles. The molecule has 0 unspecified atom stereocenters. The van der Waals surface area contributed by atoms with Crippen molar-refractivity contribution < 1.29 is 24.2 Å². The van der Waals surface area contributed by atoms with Gasteiger partial charge in [0.2, 0.25) is 5.91 Å². The molecular formula is C18H20N2O5. The Morgan fingerprint density at radius 1 is 1.24 bits per heavy atom. The molecule has 1 aromatic rings. The van der Waals surface area contributed by atoms with E-state index in [1.165, 1.54) is 0 Å². The highest BCUT2D eigenvalue weighted by atomic mass is 16.5. The highest BCUT2D eigenvalue weighted by Gasteiger charge is 2.36. The number of anilines is 2. The van der Waals surface area contributed by atoms with Crippen molar-refractivity contribution in [1.29, 1.82) is 0 Å². The van der Waals surface area contributed by atoms with E-state index < -0.39 is 23.4 Å². The van der Waals surface area contributed by atoms with Crippen LogP contribution in [0.1, 0.15) is 26.7 Å². The van der Waals surface area contributed by atoms with E-state index in [9.17, 15) is 19.5 Å². The molecule has 132 valence electrons. The second kappa shape index (κ2) is 6.23. The molecule has 0 radical (unpaired) electrons. The highest BCUT2D eigenvalue weighted by Crippen LogP contribution is 2.36. The maximum absolute atomic E-state index is 12.5. The van der Waals surface area contributed by atoms with Gasteiger partial charge in [0.15, 0.2) is 5.60 Å². The lowest BCUT2D eigenvalue weighted by Gasteiger charge is -2.31. The van der Waals surface area contributed by atoms with Crippen LogP contribution in [0.15, 0.2) is 30.4 Å². The number of benzene rings is 1. The predicted molar refractivity (Wildman–Crippen MR) is 91.4 cm³/mol. The zero-order chi connectivity index (χ0) is 18.2. The molecule has 1 aliphatic carbocycles. The van der Waals surface area contributed by atoms with Crippen LogP contribution in [0.5, 0.6) is 5.75 Å². The molecule has 0 aromatic heterocycles. The summed E-state index contributed by atoms with van der Waals surface area (Å²) in [4.78, 5) is 35.8. The fraction of sp³-hybridized carbons (Fsp3) is 0.389.